The molecule has 0 unspecified atom stereocenters. The SMILES string of the molecule is CCCC[C@@H]1OCc2cc(C(F)(F)F)ccc2C1(C)C. The Kier molecular flexibility index (Phi) is 4.14. The highest BCUT2D eigenvalue weighted by molar-refractivity contribution is 5.39. The average Bonchev–Trinajstić information content (AvgIpc) is 2.36. The first-order valence-corrected chi connectivity index (χ1v) is 7.09. The number of halogens is 3. The molecule has 0 N–H and O–H groups in total. The minimum atomic E-state index is -4.29. The van der Waals surface area contributed by atoms with Crippen LogP contribution in [0.4, 0.5) is 13.2 Å². The quantitative estimate of drug-likeness (QED) is 0.753. The van der Waals surface area contributed by atoms with Crippen LogP contribution in [-0.4, -0.2) is 6.10 Å². The number of benzene rings is 1. The van der Waals surface area contributed by atoms with E-state index in [4.69, 9.17) is 4.74 Å². The first kappa shape index (κ1) is 15.4. The summed E-state index contributed by atoms with van der Waals surface area (Å²) in [7, 11) is 0. The van der Waals surface area contributed by atoms with Crippen molar-refractivity contribution in [3.63, 3.8) is 0 Å². The van der Waals surface area contributed by atoms with Crippen LogP contribution < -0.4 is 0 Å². The van der Waals surface area contributed by atoms with Crippen LogP contribution in [0.15, 0.2) is 18.2 Å². The van der Waals surface area contributed by atoms with E-state index < -0.39 is 11.7 Å². The van der Waals surface area contributed by atoms with Gasteiger partial charge in [-0.1, -0.05) is 39.7 Å². The van der Waals surface area contributed by atoms with Crippen LogP contribution in [0.2, 0.25) is 0 Å². The van der Waals surface area contributed by atoms with E-state index in [1.54, 1.807) is 6.07 Å². The standard InChI is InChI=1S/C16H21F3O/c1-4-5-6-14-15(2,3)13-8-7-12(16(17,18)19)9-11(13)10-20-14/h7-9,14H,4-6,10H2,1-3H3/t14-/m0/s1. The van der Waals surface area contributed by atoms with Gasteiger partial charge >= 0.3 is 6.18 Å². The lowest BCUT2D eigenvalue weighted by molar-refractivity contribution is -0.137. The Labute approximate surface area is 118 Å². The van der Waals surface area contributed by atoms with Gasteiger partial charge in [0.2, 0.25) is 0 Å². The summed E-state index contributed by atoms with van der Waals surface area (Å²) in [6, 6.07) is 4.04. The number of unbranched alkanes of at least 4 members (excludes halogenated alkanes) is 1. The molecule has 0 saturated carbocycles. The molecule has 1 nitrogen and oxygen atoms in total. The molecule has 0 saturated heterocycles. The zero-order valence-corrected chi connectivity index (χ0v) is 12.2. The molecular weight excluding hydrogens is 265 g/mol. The number of alkyl halides is 3. The topological polar surface area (TPSA) is 9.23 Å². The highest BCUT2D eigenvalue weighted by Crippen LogP contribution is 2.41. The number of rotatable bonds is 3. The molecule has 0 bridgehead atoms. The maximum absolute atomic E-state index is 12.8. The Bertz CT molecular complexity index is 477. The fourth-order valence-corrected chi connectivity index (χ4v) is 2.92. The van der Waals surface area contributed by atoms with Crippen molar-refractivity contribution < 1.29 is 17.9 Å². The second-order valence-electron chi connectivity index (χ2n) is 6.03. The van der Waals surface area contributed by atoms with E-state index >= 15 is 0 Å². The van der Waals surface area contributed by atoms with Crippen molar-refractivity contribution in [2.45, 2.75) is 64.3 Å². The van der Waals surface area contributed by atoms with Gasteiger partial charge in [0.25, 0.3) is 0 Å². The molecule has 0 radical (unpaired) electrons. The molecule has 1 aliphatic rings. The molecule has 0 amide bonds. The minimum absolute atomic E-state index is 0.0756. The summed E-state index contributed by atoms with van der Waals surface area (Å²) >= 11 is 0. The summed E-state index contributed by atoms with van der Waals surface area (Å²) in [5, 5.41) is 0. The lowest BCUT2D eigenvalue weighted by Crippen LogP contribution is -2.40. The smallest absolute Gasteiger partial charge is 0.373 e. The lowest BCUT2D eigenvalue weighted by atomic mass is 9.73. The van der Waals surface area contributed by atoms with E-state index in [1.165, 1.54) is 12.1 Å². The molecule has 2 rings (SSSR count). The third-order valence-electron chi connectivity index (χ3n) is 4.19. The second-order valence-corrected chi connectivity index (χ2v) is 6.03. The first-order valence-electron chi connectivity index (χ1n) is 7.09. The summed E-state index contributed by atoms with van der Waals surface area (Å²) in [4.78, 5) is 0. The van der Waals surface area contributed by atoms with Gasteiger partial charge in [-0.25, -0.2) is 0 Å². The zero-order valence-electron chi connectivity index (χ0n) is 12.2. The van der Waals surface area contributed by atoms with Crippen LogP contribution >= 0.6 is 0 Å². The second kappa shape index (κ2) is 5.40. The van der Waals surface area contributed by atoms with Gasteiger partial charge in [-0.2, -0.15) is 13.2 Å². The van der Waals surface area contributed by atoms with Crippen LogP contribution in [0.25, 0.3) is 0 Å². The lowest BCUT2D eigenvalue weighted by Gasteiger charge is -2.40. The van der Waals surface area contributed by atoms with E-state index in [0.717, 1.165) is 24.8 Å². The molecule has 0 spiro atoms. The Morgan fingerprint density at radius 2 is 2.00 bits per heavy atom. The number of hydrogen-bond donors (Lipinski definition) is 0. The molecule has 0 aromatic heterocycles. The van der Waals surface area contributed by atoms with E-state index in [-0.39, 0.29) is 18.1 Å². The number of hydrogen-bond acceptors (Lipinski definition) is 1. The molecule has 1 aliphatic heterocycles. The highest BCUT2D eigenvalue weighted by Gasteiger charge is 2.39. The van der Waals surface area contributed by atoms with Crippen molar-refractivity contribution >= 4 is 0 Å². The zero-order chi connectivity index (χ0) is 15.0. The summed E-state index contributed by atoms with van der Waals surface area (Å²) in [6.07, 6.45) is -1.10. The van der Waals surface area contributed by atoms with Gasteiger partial charge in [0.05, 0.1) is 18.3 Å². The van der Waals surface area contributed by atoms with Gasteiger partial charge in [-0.05, 0) is 29.7 Å². The van der Waals surface area contributed by atoms with Crippen molar-refractivity contribution in [2.24, 2.45) is 0 Å². The molecule has 1 aromatic carbocycles. The van der Waals surface area contributed by atoms with Gasteiger partial charge < -0.3 is 4.74 Å². The predicted molar refractivity (Wildman–Crippen MR) is 72.6 cm³/mol. The van der Waals surface area contributed by atoms with Crippen LogP contribution in [0.1, 0.15) is 56.7 Å². The van der Waals surface area contributed by atoms with Gasteiger partial charge in [-0.15, -0.1) is 0 Å². The maximum Gasteiger partial charge on any atom is 0.416 e. The van der Waals surface area contributed by atoms with Gasteiger partial charge in [0.15, 0.2) is 0 Å². The molecule has 20 heavy (non-hydrogen) atoms. The van der Waals surface area contributed by atoms with Crippen molar-refractivity contribution in [1.82, 2.24) is 0 Å². The Balaban J connectivity index is 2.32. The Morgan fingerprint density at radius 1 is 1.30 bits per heavy atom. The number of ether oxygens (including phenoxy) is 1. The molecule has 1 heterocycles. The monoisotopic (exact) mass is 286 g/mol. The largest absolute Gasteiger partial charge is 0.416 e. The molecule has 4 heteroatoms. The highest BCUT2D eigenvalue weighted by atomic mass is 19.4. The van der Waals surface area contributed by atoms with Crippen molar-refractivity contribution in [3.05, 3.63) is 34.9 Å². The average molecular weight is 286 g/mol. The summed E-state index contributed by atoms with van der Waals surface area (Å²) in [6.45, 7) is 6.51. The van der Waals surface area contributed by atoms with Crippen LogP contribution in [-0.2, 0) is 22.9 Å². The molecule has 112 valence electrons. The van der Waals surface area contributed by atoms with E-state index in [0.29, 0.717) is 5.56 Å². The predicted octanol–water partition coefficient (Wildman–Crippen LogP) is 5.07. The third kappa shape index (κ3) is 2.85. The van der Waals surface area contributed by atoms with E-state index in [9.17, 15) is 13.2 Å². The van der Waals surface area contributed by atoms with E-state index in [1.807, 2.05) is 0 Å². The van der Waals surface area contributed by atoms with E-state index in [2.05, 4.69) is 20.8 Å². The first-order chi connectivity index (χ1) is 9.26. The van der Waals surface area contributed by atoms with Gasteiger partial charge in [0, 0.05) is 5.41 Å². The van der Waals surface area contributed by atoms with Crippen LogP contribution in [0.3, 0.4) is 0 Å². The van der Waals surface area contributed by atoms with Crippen molar-refractivity contribution in [2.75, 3.05) is 0 Å². The maximum atomic E-state index is 12.8. The summed E-state index contributed by atoms with van der Waals surface area (Å²) in [5.74, 6) is 0. The summed E-state index contributed by atoms with van der Waals surface area (Å²) in [5.41, 5.74) is 0.811. The molecule has 1 aromatic rings. The fourth-order valence-electron chi connectivity index (χ4n) is 2.92. The number of fused-ring (bicyclic) bond motifs is 1. The summed E-state index contributed by atoms with van der Waals surface area (Å²) < 4.78 is 44.1. The van der Waals surface area contributed by atoms with Crippen LogP contribution in [0, 0.1) is 0 Å². The molecule has 0 aliphatic carbocycles. The third-order valence-corrected chi connectivity index (χ3v) is 4.19. The molecular formula is C16H21F3O. The van der Waals surface area contributed by atoms with Gasteiger partial charge in [-0.3, -0.25) is 0 Å². The fraction of sp³-hybridized carbons (Fsp3) is 0.625. The minimum Gasteiger partial charge on any atom is -0.373 e. The van der Waals surface area contributed by atoms with Gasteiger partial charge in [0.1, 0.15) is 0 Å². The normalized spacial score (nSPS) is 21.6. The Hall–Kier alpha value is -1.03. The Morgan fingerprint density at radius 3 is 2.60 bits per heavy atom. The molecule has 0 fully saturated rings. The van der Waals surface area contributed by atoms with Crippen molar-refractivity contribution in [1.29, 1.82) is 0 Å². The van der Waals surface area contributed by atoms with Crippen molar-refractivity contribution in [3.8, 4) is 0 Å². The van der Waals surface area contributed by atoms with Crippen LogP contribution in [0.5, 0.6) is 0 Å². The molecule has 1 atom stereocenters.